The molecule has 288 valence electrons. The molecule has 3 aliphatic rings. The Morgan fingerprint density at radius 2 is 1.65 bits per heavy atom. The number of nitrogens with one attached hydrogen (secondary N) is 1. The van der Waals surface area contributed by atoms with Gasteiger partial charge in [-0.2, -0.15) is 9.49 Å². The molecule has 0 bridgehead atoms. The van der Waals surface area contributed by atoms with E-state index in [0.29, 0.717) is 35.8 Å². The first-order valence-corrected chi connectivity index (χ1v) is 18.8. The summed E-state index contributed by atoms with van der Waals surface area (Å²) in [5.74, 6) is -4.27. The average Bonchev–Trinajstić information content (AvgIpc) is 3.79. The summed E-state index contributed by atoms with van der Waals surface area (Å²) in [5.41, 5.74) is 1.46. The maximum Gasteiger partial charge on any atom is 0.410 e. The molecule has 2 amide bonds. The normalized spacial score (nSPS) is 21.5. The zero-order valence-electron chi connectivity index (χ0n) is 31.2. The van der Waals surface area contributed by atoms with Gasteiger partial charge < -0.3 is 29.3 Å². The Bertz CT molecular complexity index is 1990. The van der Waals surface area contributed by atoms with Crippen LogP contribution < -0.4 is 19.7 Å². The number of ether oxygens (including phenoxy) is 3. The van der Waals surface area contributed by atoms with Crippen LogP contribution in [0.5, 0.6) is 11.5 Å². The van der Waals surface area contributed by atoms with Crippen LogP contribution in [0.1, 0.15) is 74.8 Å². The quantitative estimate of drug-likeness (QED) is 0.174. The third-order valence-electron chi connectivity index (χ3n) is 11.0. The average molecular weight is 748 g/mol. The number of anilines is 1. The van der Waals surface area contributed by atoms with Crippen molar-refractivity contribution < 1.29 is 37.0 Å². The fourth-order valence-corrected chi connectivity index (χ4v) is 7.99. The first-order valence-electron chi connectivity index (χ1n) is 18.8. The van der Waals surface area contributed by atoms with Crippen molar-refractivity contribution in [3.8, 4) is 11.5 Å². The maximum absolute atomic E-state index is 14.9. The number of amides is 2. The second kappa shape index (κ2) is 15.4. The minimum absolute atomic E-state index is 0.136. The molecule has 0 spiro atoms. The van der Waals surface area contributed by atoms with Crippen LogP contribution >= 0.6 is 0 Å². The zero-order valence-corrected chi connectivity index (χ0v) is 31.2. The fraction of sp³-hybridized carbons (Fsp3) is 0.488. The predicted octanol–water partition coefficient (Wildman–Crippen LogP) is 7.90. The molecule has 7 rings (SSSR count). The number of carbonyl (C=O) groups excluding carboxylic acids is 2. The second-order valence-electron chi connectivity index (χ2n) is 15.9. The Balaban J connectivity index is 0.898. The van der Waals surface area contributed by atoms with Crippen molar-refractivity contribution in [1.29, 1.82) is 0 Å². The Labute approximate surface area is 313 Å². The summed E-state index contributed by atoms with van der Waals surface area (Å²) >= 11 is 0. The summed E-state index contributed by atoms with van der Waals surface area (Å²) in [7, 11) is 1.52. The topological polar surface area (TPSA) is 98.2 Å². The summed E-state index contributed by atoms with van der Waals surface area (Å²) in [6.07, 6.45) is 6.21. The highest BCUT2D eigenvalue weighted by Crippen LogP contribution is 2.36. The smallest absolute Gasteiger partial charge is 0.410 e. The molecule has 3 aromatic carbocycles. The van der Waals surface area contributed by atoms with E-state index in [1.165, 1.54) is 7.11 Å². The van der Waals surface area contributed by atoms with Gasteiger partial charge in [0.2, 0.25) is 5.82 Å². The van der Waals surface area contributed by atoms with Crippen molar-refractivity contribution in [2.45, 2.75) is 71.1 Å². The van der Waals surface area contributed by atoms with E-state index in [2.05, 4.69) is 34.6 Å². The number of aromatic nitrogens is 2. The molecule has 4 aromatic rings. The Kier molecular flexibility index (Phi) is 10.7. The highest BCUT2D eigenvalue weighted by Gasteiger charge is 2.40. The number of likely N-dealkylation sites (tertiary alicyclic amines) is 1. The number of methoxy groups -OCH3 is 1. The van der Waals surface area contributed by atoms with E-state index in [1.807, 2.05) is 30.4 Å². The number of nitrogens with zero attached hydrogens (tertiary/aromatic N) is 4. The van der Waals surface area contributed by atoms with E-state index >= 15 is 0 Å². The minimum atomic E-state index is -1.54. The van der Waals surface area contributed by atoms with E-state index in [0.717, 1.165) is 68.3 Å². The molecule has 3 fully saturated rings. The molecule has 0 radical (unpaired) electrons. The van der Waals surface area contributed by atoms with Gasteiger partial charge in [-0.3, -0.25) is 9.48 Å². The highest BCUT2D eigenvalue weighted by atomic mass is 19.2. The standard InChI is InChI=1S/C41H48F3N5O5/c1-41(2,3)54-40(51)48-20-27-15-16-47(21-29(27)22-48)31-12-9-28-23-49(46-35(28)17-31)30-10-5-25(6-11-30)19-45-39(50)33-18-34(42)38(37(44)36(33)43)53-24-26-7-13-32(52-4)14-8-26/h7-9,12-14,17-18,23,25,27,29-30H,5-6,10-11,15-16,19-22,24H2,1-4H3,(H,45,50)/t25?,27-,29+,30?/m1/s1. The van der Waals surface area contributed by atoms with Gasteiger partial charge in [0.15, 0.2) is 17.4 Å². The predicted molar refractivity (Wildman–Crippen MR) is 198 cm³/mol. The molecule has 1 N–H and O–H groups in total. The highest BCUT2D eigenvalue weighted by molar-refractivity contribution is 5.94. The molecule has 54 heavy (non-hydrogen) atoms. The van der Waals surface area contributed by atoms with Gasteiger partial charge in [-0.15, -0.1) is 0 Å². The molecule has 1 saturated carbocycles. The number of piperidine rings is 1. The van der Waals surface area contributed by atoms with Crippen molar-refractivity contribution >= 4 is 28.6 Å². The molecule has 1 aromatic heterocycles. The molecule has 2 saturated heterocycles. The number of benzene rings is 3. The largest absolute Gasteiger partial charge is 0.497 e. The first kappa shape index (κ1) is 37.4. The van der Waals surface area contributed by atoms with Gasteiger partial charge in [0.05, 0.1) is 24.2 Å². The van der Waals surface area contributed by atoms with Crippen molar-refractivity contribution in [3.63, 3.8) is 0 Å². The van der Waals surface area contributed by atoms with Crippen LogP contribution in [0.2, 0.25) is 0 Å². The third kappa shape index (κ3) is 8.24. The molecule has 2 aliphatic heterocycles. The molecule has 13 heteroatoms. The van der Waals surface area contributed by atoms with Gasteiger partial charge in [-0.25, -0.2) is 13.6 Å². The molecule has 2 atom stereocenters. The van der Waals surface area contributed by atoms with Crippen LogP contribution in [0.3, 0.4) is 0 Å². The second-order valence-corrected chi connectivity index (χ2v) is 15.9. The van der Waals surface area contributed by atoms with Crippen LogP contribution in [0.15, 0.2) is 54.7 Å². The van der Waals surface area contributed by atoms with Crippen molar-refractivity contribution in [1.82, 2.24) is 20.0 Å². The minimum Gasteiger partial charge on any atom is -0.497 e. The van der Waals surface area contributed by atoms with E-state index in [9.17, 15) is 22.8 Å². The SMILES string of the molecule is COc1ccc(COc2c(F)cc(C(=O)NCC3CCC(n4cc5ccc(N6CC[C@@H]7CN(C(=O)OC(C)(C)C)C[C@@H]7C6)cc5n4)CC3)c(F)c2F)cc1. The number of fused-ring (bicyclic) bond motifs is 2. The summed E-state index contributed by atoms with van der Waals surface area (Å²) in [5, 5.41) is 8.71. The fourth-order valence-electron chi connectivity index (χ4n) is 7.99. The van der Waals surface area contributed by atoms with Crippen LogP contribution in [0, 0.1) is 35.2 Å². The van der Waals surface area contributed by atoms with E-state index < -0.39 is 40.3 Å². The molecule has 0 unspecified atom stereocenters. The van der Waals surface area contributed by atoms with Crippen LogP contribution in [0.25, 0.3) is 10.9 Å². The van der Waals surface area contributed by atoms with Crippen LogP contribution in [-0.2, 0) is 11.3 Å². The van der Waals surface area contributed by atoms with Crippen molar-refractivity contribution in [2.24, 2.45) is 17.8 Å². The lowest BCUT2D eigenvalue weighted by Crippen LogP contribution is -2.40. The van der Waals surface area contributed by atoms with Crippen molar-refractivity contribution in [3.05, 3.63) is 83.3 Å². The lowest BCUT2D eigenvalue weighted by atomic mass is 9.86. The number of halogens is 3. The van der Waals surface area contributed by atoms with Crippen LogP contribution in [0.4, 0.5) is 23.7 Å². The number of rotatable bonds is 9. The third-order valence-corrected chi connectivity index (χ3v) is 11.0. The molecule has 1 aliphatic carbocycles. The lowest BCUT2D eigenvalue weighted by Gasteiger charge is -2.35. The molecule has 3 heterocycles. The monoisotopic (exact) mass is 747 g/mol. The summed E-state index contributed by atoms with van der Waals surface area (Å²) in [6, 6.07) is 14.0. The number of carbonyl (C=O) groups is 2. The summed E-state index contributed by atoms with van der Waals surface area (Å²) in [6.45, 7) is 9.03. The summed E-state index contributed by atoms with van der Waals surface area (Å²) in [4.78, 5) is 29.8. The number of hydrogen-bond donors (Lipinski definition) is 1. The lowest BCUT2D eigenvalue weighted by molar-refractivity contribution is 0.0284. The maximum atomic E-state index is 14.9. The van der Waals surface area contributed by atoms with Crippen molar-refractivity contribution in [2.75, 3.05) is 44.7 Å². The van der Waals surface area contributed by atoms with Crippen LogP contribution in [-0.4, -0.2) is 72.1 Å². The molecular formula is C41H48F3N5O5. The molecular weight excluding hydrogens is 699 g/mol. The van der Waals surface area contributed by atoms with Gasteiger partial charge in [-0.05, 0) is 113 Å². The van der Waals surface area contributed by atoms with Gasteiger partial charge in [-0.1, -0.05) is 12.1 Å². The van der Waals surface area contributed by atoms with Gasteiger partial charge in [0.1, 0.15) is 18.0 Å². The van der Waals surface area contributed by atoms with E-state index in [-0.39, 0.29) is 31.2 Å². The van der Waals surface area contributed by atoms with Gasteiger partial charge in [0, 0.05) is 50.0 Å². The Morgan fingerprint density at radius 3 is 2.37 bits per heavy atom. The van der Waals surface area contributed by atoms with E-state index in [1.54, 1.807) is 24.3 Å². The molecule has 10 nitrogen and oxygen atoms in total. The number of hydrogen-bond acceptors (Lipinski definition) is 7. The Hall–Kier alpha value is -4.94. The first-order chi connectivity index (χ1) is 25.8. The van der Waals surface area contributed by atoms with E-state index in [4.69, 9.17) is 19.3 Å². The Morgan fingerprint density at radius 1 is 0.907 bits per heavy atom. The zero-order chi connectivity index (χ0) is 38.1. The van der Waals surface area contributed by atoms with Gasteiger partial charge in [0.25, 0.3) is 5.91 Å². The summed E-state index contributed by atoms with van der Waals surface area (Å²) < 4.78 is 62.6. The van der Waals surface area contributed by atoms with Gasteiger partial charge >= 0.3 is 6.09 Å².